The summed E-state index contributed by atoms with van der Waals surface area (Å²) in [6.07, 6.45) is 3.89. The molecule has 0 radical (unpaired) electrons. The third-order valence-electron chi connectivity index (χ3n) is 7.17. The number of aromatic nitrogens is 3. The molecule has 3 atom stereocenters. The highest BCUT2D eigenvalue weighted by Gasteiger charge is 2.57. The van der Waals surface area contributed by atoms with E-state index < -0.39 is 0 Å². The smallest absolute Gasteiger partial charge is 0.225 e. The molecular weight excluding hydrogens is 400 g/mol. The number of rotatable bonds is 3. The molecule has 2 N–H and O–H groups in total. The molecule has 3 heterocycles. The highest BCUT2D eigenvalue weighted by molar-refractivity contribution is 5.93. The zero-order valence-electron chi connectivity index (χ0n) is 17.7. The number of fused-ring (bicyclic) bond motifs is 5. The van der Waals surface area contributed by atoms with E-state index in [0.717, 1.165) is 40.3 Å². The van der Waals surface area contributed by atoms with Crippen LogP contribution in [0.25, 0.3) is 11.0 Å². The number of aromatic amines is 1. The highest BCUT2D eigenvalue weighted by Crippen LogP contribution is 2.66. The van der Waals surface area contributed by atoms with Crippen LogP contribution in [0.5, 0.6) is 11.5 Å². The summed E-state index contributed by atoms with van der Waals surface area (Å²) in [6, 6.07) is 14.7. The number of pyridine rings is 1. The van der Waals surface area contributed by atoms with E-state index in [2.05, 4.69) is 58.6 Å². The Morgan fingerprint density at radius 2 is 2.00 bits per heavy atom. The molecule has 2 aromatic heterocycles. The van der Waals surface area contributed by atoms with Crippen molar-refractivity contribution in [2.45, 2.75) is 38.0 Å². The summed E-state index contributed by atoms with van der Waals surface area (Å²) < 4.78 is 6.29. The van der Waals surface area contributed by atoms with Crippen molar-refractivity contribution in [2.75, 3.05) is 5.32 Å². The molecule has 1 fully saturated rings. The number of benzene rings is 2. The summed E-state index contributed by atoms with van der Waals surface area (Å²) in [7, 11) is 0. The second-order valence-corrected chi connectivity index (χ2v) is 9.21. The molecule has 32 heavy (non-hydrogen) atoms. The molecule has 1 aliphatic heterocycles. The number of carbonyl (C=O) groups is 1. The first-order valence-corrected chi connectivity index (χ1v) is 11.2. The van der Waals surface area contributed by atoms with Crippen molar-refractivity contribution >= 4 is 22.8 Å². The summed E-state index contributed by atoms with van der Waals surface area (Å²) in [4.78, 5) is 24.4. The maximum Gasteiger partial charge on any atom is 0.225 e. The van der Waals surface area contributed by atoms with Crippen molar-refractivity contribution in [3.63, 3.8) is 0 Å². The molecule has 0 bridgehead atoms. The molecule has 3 aliphatic rings. The normalized spacial score (nSPS) is 22.8. The molecule has 6 heteroatoms. The van der Waals surface area contributed by atoms with Crippen LogP contribution in [0.15, 0.2) is 48.7 Å². The molecule has 6 nitrogen and oxygen atoms in total. The standard InChI is InChI=1S/C26H22N4O2/c1-13-2-6-19-20(10-13)29-26(28-19)24-18-11-14-3-4-15(12-17(14)23(18)24)32-21-8-9-27-25-16(21)5-7-22(31)30-25/h2-4,6,8-10,12,18,23-24H,5,7,11H2,1H3,(H,28,29)(H,27,30,31)/t18-,23+,24?/m0/s1. The Hall–Kier alpha value is -3.67. The number of H-pyrrole nitrogens is 1. The van der Waals surface area contributed by atoms with Crippen LogP contribution < -0.4 is 10.1 Å². The van der Waals surface area contributed by atoms with Gasteiger partial charge >= 0.3 is 0 Å². The number of ether oxygens (including phenoxy) is 1. The maximum atomic E-state index is 11.7. The quantitative estimate of drug-likeness (QED) is 0.487. The van der Waals surface area contributed by atoms with E-state index in [0.29, 0.717) is 36.4 Å². The van der Waals surface area contributed by atoms with Crippen LogP contribution in [0.2, 0.25) is 0 Å². The Morgan fingerprint density at radius 1 is 1.06 bits per heavy atom. The van der Waals surface area contributed by atoms with Gasteiger partial charge in [0.15, 0.2) is 0 Å². The molecule has 0 spiro atoms. The fourth-order valence-corrected chi connectivity index (χ4v) is 5.59. The summed E-state index contributed by atoms with van der Waals surface area (Å²) >= 11 is 0. The van der Waals surface area contributed by atoms with Gasteiger partial charge in [0.2, 0.25) is 5.91 Å². The zero-order chi connectivity index (χ0) is 21.4. The number of nitrogens with one attached hydrogen (secondary N) is 2. The molecule has 1 unspecified atom stereocenters. The Labute approximate surface area is 185 Å². The van der Waals surface area contributed by atoms with Crippen LogP contribution in [0.4, 0.5) is 5.82 Å². The van der Waals surface area contributed by atoms with E-state index in [1.807, 2.05) is 6.07 Å². The van der Waals surface area contributed by atoms with Crippen molar-refractivity contribution in [1.29, 1.82) is 0 Å². The van der Waals surface area contributed by atoms with Gasteiger partial charge in [0, 0.05) is 24.1 Å². The minimum atomic E-state index is 0.00578. The lowest BCUT2D eigenvalue weighted by Crippen LogP contribution is -2.20. The van der Waals surface area contributed by atoms with Gasteiger partial charge in [-0.05, 0) is 78.6 Å². The van der Waals surface area contributed by atoms with Gasteiger partial charge in [-0.3, -0.25) is 4.79 Å². The predicted octanol–water partition coefficient (Wildman–Crippen LogP) is 5.00. The predicted molar refractivity (Wildman–Crippen MR) is 121 cm³/mol. The first-order valence-electron chi connectivity index (χ1n) is 11.2. The lowest BCUT2D eigenvalue weighted by Gasteiger charge is -2.19. The van der Waals surface area contributed by atoms with E-state index in [1.54, 1.807) is 6.20 Å². The lowest BCUT2D eigenvalue weighted by molar-refractivity contribution is -0.116. The number of carbonyl (C=O) groups excluding carboxylic acids is 1. The van der Waals surface area contributed by atoms with Crippen LogP contribution in [0, 0.1) is 12.8 Å². The molecule has 2 aromatic carbocycles. The maximum absolute atomic E-state index is 11.7. The lowest BCUT2D eigenvalue weighted by atomic mass is 10.0. The molecule has 158 valence electrons. The average molecular weight is 422 g/mol. The topological polar surface area (TPSA) is 79.9 Å². The molecular formula is C26H22N4O2. The highest BCUT2D eigenvalue weighted by atomic mass is 16.5. The minimum Gasteiger partial charge on any atom is -0.457 e. The summed E-state index contributed by atoms with van der Waals surface area (Å²) in [5.41, 5.74) is 7.17. The Kier molecular flexibility index (Phi) is 3.60. The second-order valence-electron chi connectivity index (χ2n) is 9.21. The van der Waals surface area contributed by atoms with Crippen LogP contribution in [0.1, 0.15) is 46.3 Å². The van der Waals surface area contributed by atoms with Crippen LogP contribution in [-0.2, 0) is 17.6 Å². The second kappa shape index (κ2) is 6.42. The van der Waals surface area contributed by atoms with Crippen molar-refractivity contribution in [3.8, 4) is 11.5 Å². The first-order chi connectivity index (χ1) is 15.6. The number of anilines is 1. The number of aryl methyl sites for hydroxylation is 1. The van der Waals surface area contributed by atoms with E-state index in [9.17, 15) is 4.79 Å². The molecule has 4 aromatic rings. The summed E-state index contributed by atoms with van der Waals surface area (Å²) in [6.45, 7) is 2.11. The molecule has 0 saturated heterocycles. The van der Waals surface area contributed by atoms with Gasteiger partial charge in [0.1, 0.15) is 23.1 Å². The number of imidazole rings is 1. The third-order valence-corrected chi connectivity index (χ3v) is 7.17. The van der Waals surface area contributed by atoms with E-state index in [1.165, 1.54) is 16.7 Å². The fraction of sp³-hybridized carbons (Fsp3) is 0.269. The van der Waals surface area contributed by atoms with Gasteiger partial charge in [-0.1, -0.05) is 12.1 Å². The van der Waals surface area contributed by atoms with Crippen LogP contribution in [0.3, 0.4) is 0 Å². The van der Waals surface area contributed by atoms with Gasteiger partial charge in [-0.25, -0.2) is 9.97 Å². The molecule has 7 rings (SSSR count). The molecule has 1 amide bonds. The Morgan fingerprint density at radius 3 is 2.94 bits per heavy atom. The van der Waals surface area contributed by atoms with Gasteiger partial charge < -0.3 is 15.0 Å². The SMILES string of the molecule is Cc1ccc2nc(C3[C@H]4Cc5ccc(Oc6ccnc7c6CCC(=O)N7)cc5[C@@H]34)[nH]c2c1. The van der Waals surface area contributed by atoms with E-state index >= 15 is 0 Å². The van der Waals surface area contributed by atoms with Crippen molar-refractivity contribution in [1.82, 2.24) is 15.0 Å². The summed E-state index contributed by atoms with van der Waals surface area (Å²) in [5.74, 6) is 4.90. The summed E-state index contributed by atoms with van der Waals surface area (Å²) in [5, 5.41) is 2.84. The fourth-order valence-electron chi connectivity index (χ4n) is 5.59. The zero-order valence-corrected chi connectivity index (χ0v) is 17.7. The molecule has 1 saturated carbocycles. The van der Waals surface area contributed by atoms with Gasteiger partial charge in [0.05, 0.1) is 11.0 Å². The van der Waals surface area contributed by atoms with E-state index in [-0.39, 0.29) is 5.91 Å². The molecule has 2 aliphatic carbocycles. The van der Waals surface area contributed by atoms with Crippen LogP contribution in [-0.4, -0.2) is 20.9 Å². The van der Waals surface area contributed by atoms with Crippen molar-refractivity contribution < 1.29 is 9.53 Å². The Balaban J connectivity index is 1.18. The average Bonchev–Trinajstić information content (AvgIpc) is 3.14. The van der Waals surface area contributed by atoms with Crippen LogP contribution >= 0.6 is 0 Å². The number of hydrogen-bond donors (Lipinski definition) is 2. The van der Waals surface area contributed by atoms with Gasteiger partial charge in [-0.2, -0.15) is 0 Å². The Bertz CT molecular complexity index is 1420. The van der Waals surface area contributed by atoms with E-state index in [4.69, 9.17) is 9.72 Å². The number of amides is 1. The minimum absolute atomic E-state index is 0.00578. The first kappa shape index (κ1) is 18.0. The van der Waals surface area contributed by atoms with Crippen molar-refractivity contribution in [3.05, 3.63) is 76.7 Å². The monoisotopic (exact) mass is 422 g/mol. The van der Waals surface area contributed by atoms with Gasteiger partial charge in [0.25, 0.3) is 0 Å². The number of nitrogens with zero attached hydrogens (tertiary/aromatic N) is 2. The number of hydrogen-bond acceptors (Lipinski definition) is 4. The van der Waals surface area contributed by atoms with Gasteiger partial charge in [-0.15, -0.1) is 0 Å². The largest absolute Gasteiger partial charge is 0.457 e. The third kappa shape index (κ3) is 2.68. The van der Waals surface area contributed by atoms with Crippen molar-refractivity contribution in [2.24, 2.45) is 5.92 Å².